The van der Waals surface area contributed by atoms with Gasteiger partial charge in [0.1, 0.15) is 0 Å². The third-order valence-electron chi connectivity index (χ3n) is 9.30. The predicted molar refractivity (Wildman–Crippen MR) is 150 cm³/mol. The van der Waals surface area contributed by atoms with Gasteiger partial charge in [-0.3, -0.25) is 14.6 Å². The highest BCUT2D eigenvalue weighted by atomic mass is 16.1. The van der Waals surface area contributed by atoms with Crippen LogP contribution >= 0.6 is 0 Å². The summed E-state index contributed by atoms with van der Waals surface area (Å²) in [4.78, 5) is 18.5. The van der Waals surface area contributed by atoms with Gasteiger partial charge >= 0.3 is 0 Å². The largest absolute Gasteiger partial charge is 0.353 e. The van der Waals surface area contributed by atoms with Crippen LogP contribution in [0, 0.1) is 5.92 Å². The lowest BCUT2D eigenvalue weighted by atomic mass is 9.81. The number of amides is 1. The second-order valence-electron chi connectivity index (χ2n) is 11.7. The molecule has 1 saturated carbocycles. The van der Waals surface area contributed by atoms with Crippen molar-refractivity contribution in [2.45, 2.75) is 108 Å². The number of nitrogens with zero attached hydrogens (tertiary/aromatic N) is 2. The van der Waals surface area contributed by atoms with Crippen LogP contribution in [-0.4, -0.2) is 59.5 Å². The zero-order valence-electron chi connectivity index (χ0n) is 22.5. The summed E-state index contributed by atoms with van der Waals surface area (Å²) in [6.07, 6.45) is 28.2. The van der Waals surface area contributed by atoms with Crippen LogP contribution in [0.25, 0.3) is 0 Å². The first-order valence-electron chi connectivity index (χ1n) is 14.8. The second-order valence-corrected chi connectivity index (χ2v) is 11.7. The third-order valence-corrected chi connectivity index (χ3v) is 9.30. The molecule has 3 fully saturated rings. The molecule has 0 aromatic rings. The average Bonchev–Trinajstić information content (AvgIpc) is 3.39. The molecule has 2 bridgehead atoms. The van der Waals surface area contributed by atoms with Crippen molar-refractivity contribution >= 4 is 5.91 Å². The van der Waals surface area contributed by atoms with Crippen molar-refractivity contribution in [1.29, 1.82) is 0 Å². The molecule has 5 aliphatic rings. The first-order valence-corrected chi connectivity index (χ1v) is 14.8. The monoisotopic (exact) mass is 489 g/mol. The number of nitrogens with one attached hydrogen (secondary N) is 1. The molecule has 2 saturated heterocycles. The highest BCUT2D eigenvalue weighted by molar-refractivity contribution is 5.81. The van der Waals surface area contributed by atoms with E-state index in [-0.39, 0.29) is 11.8 Å². The molecule has 0 spiro atoms. The van der Waals surface area contributed by atoms with Gasteiger partial charge in [-0.2, -0.15) is 0 Å². The van der Waals surface area contributed by atoms with Gasteiger partial charge in [0.2, 0.25) is 5.91 Å². The fourth-order valence-corrected chi connectivity index (χ4v) is 7.40. The van der Waals surface area contributed by atoms with E-state index >= 15 is 0 Å². The molecule has 3 aliphatic carbocycles. The van der Waals surface area contributed by atoms with E-state index in [0.717, 1.165) is 51.6 Å². The highest BCUT2D eigenvalue weighted by Crippen LogP contribution is 2.39. The number of hydrogen-bond acceptors (Lipinski definition) is 3. The minimum absolute atomic E-state index is 0.0202. The first kappa shape index (κ1) is 25.7. The molecule has 4 atom stereocenters. The standard InChI is InChI=1S/C32H47N3O/c1-3-20-34-21-19-29-13-8-14-30(23-34)35(29)31(27-10-7-9-24(4-2)22-27)25-15-17-26(18-16-25)32(36)33-28-11-5-6-12-28/h3,9,15-17,22,26,28-31H,1,4-8,10-14,18-21,23H2,2H3,(H,33,36). The van der Waals surface area contributed by atoms with Gasteiger partial charge < -0.3 is 5.32 Å². The summed E-state index contributed by atoms with van der Waals surface area (Å²) in [7, 11) is 0. The Balaban J connectivity index is 1.40. The van der Waals surface area contributed by atoms with E-state index in [1.165, 1.54) is 56.2 Å². The van der Waals surface area contributed by atoms with Gasteiger partial charge in [0, 0.05) is 37.8 Å². The summed E-state index contributed by atoms with van der Waals surface area (Å²) in [6.45, 7) is 9.61. The molecule has 0 aromatic heterocycles. The van der Waals surface area contributed by atoms with Crippen molar-refractivity contribution in [2.75, 3.05) is 19.6 Å². The lowest BCUT2D eigenvalue weighted by Crippen LogP contribution is -2.54. The van der Waals surface area contributed by atoms with Gasteiger partial charge in [-0.25, -0.2) is 0 Å². The Bertz CT molecular complexity index is 922. The van der Waals surface area contributed by atoms with Crippen LogP contribution in [0.5, 0.6) is 0 Å². The zero-order valence-corrected chi connectivity index (χ0v) is 22.5. The fraction of sp³-hybridized carbons (Fsp3) is 0.656. The average molecular weight is 490 g/mol. The van der Waals surface area contributed by atoms with E-state index in [4.69, 9.17) is 0 Å². The molecule has 1 amide bonds. The molecule has 0 radical (unpaired) electrons. The van der Waals surface area contributed by atoms with Crippen LogP contribution in [0.1, 0.15) is 84.0 Å². The molecular formula is C32H47N3O. The maximum absolute atomic E-state index is 13.0. The van der Waals surface area contributed by atoms with Crippen molar-refractivity contribution < 1.29 is 4.79 Å². The molecule has 4 unspecified atom stereocenters. The SMILES string of the molecule is C=CCN1CCC2CCCC(C1)N2C(C1=CCC(C(=O)NC2CCCC2)C=C1)C1=CC(CC)=CCC1. The van der Waals surface area contributed by atoms with Gasteiger partial charge in [-0.15, -0.1) is 6.58 Å². The van der Waals surface area contributed by atoms with Crippen molar-refractivity contribution in [3.05, 3.63) is 59.8 Å². The van der Waals surface area contributed by atoms with E-state index in [9.17, 15) is 4.79 Å². The van der Waals surface area contributed by atoms with Crippen LogP contribution in [0.15, 0.2) is 59.8 Å². The molecule has 4 heteroatoms. The fourth-order valence-electron chi connectivity index (χ4n) is 7.40. The Morgan fingerprint density at radius 2 is 1.97 bits per heavy atom. The van der Waals surface area contributed by atoms with Gasteiger partial charge in [0.05, 0.1) is 12.0 Å². The van der Waals surface area contributed by atoms with Crippen LogP contribution < -0.4 is 5.32 Å². The number of carbonyl (C=O) groups excluding carboxylic acids is 1. The van der Waals surface area contributed by atoms with Crippen molar-refractivity contribution in [3.8, 4) is 0 Å². The summed E-state index contributed by atoms with van der Waals surface area (Å²) in [5.41, 5.74) is 4.51. The maximum Gasteiger partial charge on any atom is 0.227 e. The molecule has 1 N–H and O–H groups in total. The summed E-state index contributed by atoms with van der Waals surface area (Å²) in [5.74, 6) is 0.206. The van der Waals surface area contributed by atoms with Crippen molar-refractivity contribution in [1.82, 2.24) is 15.1 Å². The third kappa shape index (κ3) is 5.81. The summed E-state index contributed by atoms with van der Waals surface area (Å²) >= 11 is 0. The lowest BCUT2D eigenvalue weighted by Gasteiger charge is -2.47. The molecule has 5 rings (SSSR count). The van der Waals surface area contributed by atoms with Crippen LogP contribution in [0.4, 0.5) is 0 Å². The van der Waals surface area contributed by atoms with E-state index in [1.807, 2.05) is 0 Å². The van der Waals surface area contributed by atoms with Crippen LogP contribution in [0.3, 0.4) is 0 Å². The number of carbonyl (C=O) groups is 1. The molecule has 0 aromatic carbocycles. The van der Waals surface area contributed by atoms with Gasteiger partial charge in [-0.1, -0.05) is 68.2 Å². The lowest BCUT2D eigenvalue weighted by molar-refractivity contribution is -0.124. The van der Waals surface area contributed by atoms with E-state index in [2.05, 4.69) is 65.1 Å². The Morgan fingerprint density at radius 1 is 1.14 bits per heavy atom. The molecular weight excluding hydrogens is 442 g/mol. The van der Waals surface area contributed by atoms with Gasteiger partial charge in [0.25, 0.3) is 0 Å². The Morgan fingerprint density at radius 3 is 2.72 bits per heavy atom. The van der Waals surface area contributed by atoms with E-state index in [0.29, 0.717) is 24.2 Å². The summed E-state index contributed by atoms with van der Waals surface area (Å²) < 4.78 is 0. The molecule has 196 valence electrons. The molecule has 4 nitrogen and oxygen atoms in total. The predicted octanol–water partition coefficient (Wildman–Crippen LogP) is 6.09. The van der Waals surface area contributed by atoms with Gasteiger partial charge in [0.15, 0.2) is 0 Å². The van der Waals surface area contributed by atoms with Crippen molar-refractivity contribution in [3.63, 3.8) is 0 Å². The number of hydrogen-bond donors (Lipinski definition) is 1. The summed E-state index contributed by atoms with van der Waals surface area (Å²) in [6, 6.07) is 1.96. The molecule has 2 aliphatic heterocycles. The molecule has 2 heterocycles. The summed E-state index contributed by atoms with van der Waals surface area (Å²) in [5, 5.41) is 3.33. The minimum atomic E-state index is -0.0202. The normalized spacial score (nSPS) is 30.7. The number of fused-ring (bicyclic) bond motifs is 2. The number of rotatable bonds is 8. The second kappa shape index (κ2) is 12.1. The Labute approximate surface area is 219 Å². The Hall–Kier alpha value is -1.91. The maximum atomic E-state index is 13.0. The highest BCUT2D eigenvalue weighted by Gasteiger charge is 2.41. The Kier molecular flexibility index (Phi) is 8.64. The van der Waals surface area contributed by atoms with E-state index in [1.54, 1.807) is 5.57 Å². The molecule has 36 heavy (non-hydrogen) atoms. The number of allylic oxidation sites excluding steroid dienone is 4. The first-order chi connectivity index (χ1) is 17.7. The number of piperidine rings is 1. The minimum Gasteiger partial charge on any atom is -0.353 e. The smallest absolute Gasteiger partial charge is 0.227 e. The van der Waals surface area contributed by atoms with Crippen LogP contribution in [-0.2, 0) is 4.79 Å². The topological polar surface area (TPSA) is 35.6 Å². The van der Waals surface area contributed by atoms with E-state index < -0.39 is 0 Å². The quantitative estimate of drug-likeness (QED) is 0.419. The van der Waals surface area contributed by atoms with Crippen molar-refractivity contribution in [2.24, 2.45) is 5.92 Å². The van der Waals surface area contributed by atoms with Gasteiger partial charge in [-0.05, 0) is 68.9 Å². The zero-order chi connectivity index (χ0) is 24.9. The van der Waals surface area contributed by atoms with Crippen LogP contribution in [0.2, 0.25) is 0 Å².